The third kappa shape index (κ3) is 37.8. The Morgan fingerprint density at radius 1 is 0.457 bits per heavy atom. The number of carbonyl (C=O) groups excluding carboxylic acids is 1. The number of nitrogens with zero attached hydrogens (tertiary/aromatic N) is 1. The topological polar surface area (TPSA) is 41.6 Å². The normalized spacial score (nSPS) is 11.7. The second-order valence-electron chi connectivity index (χ2n) is 15.0. The first-order valence-corrected chi connectivity index (χ1v) is 21.1. The Hall–Kier alpha value is -0.610. The third-order valence-electron chi connectivity index (χ3n) is 9.75. The summed E-state index contributed by atoms with van der Waals surface area (Å²) in [5.41, 5.74) is 0. The molecule has 0 aromatic rings. The fraction of sp³-hybridized carbons (Fsp3) is 0.976. The van der Waals surface area contributed by atoms with Gasteiger partial charge in [-0.15, -0.1) is 0 Å². The maximum atomic E-state index is 12.5. The molecule has 0 aliphatic rings. The van der Waals surface area contributed by atoms with Crippen molar-refractivity contribution in [2.24, 2.45) is 0 Å². The SMILES string of the molecule is CCCCCCCCCCCCCCCCCCC(CCCCCCCCCCCCCCCCCC)OC(=O)CNCN(C)C. The van der Waals surface area contributed by atoms with Gasteiger partial charge in [0.2, 0.25) is 0 Å². The number of esters is 1. The first-order valence-electron chi connectivity index (χ1n) is 21.1. The second-order valence-corrected chi connectivity index (χ2v) is 15.0. The zero-order chi connectivity index (χ0) is 33.6. The number of hydrogen-bond acceptors (Lipinski definition) is 4. The van der Waals surface area contributed by atoms with Crippen LogP contribution in [0.3, 0.4) is 0 Å². The van der Waals surface area contributed by atoms with Gasteiger partial charge in [0.05, 0.1) is 6.54 Å². The Kier molecular flexibility index (Phi) is 38.3. The summed E-state index contributed by atoms with van der Waals surface area (Å²) in [5, 5.41) is 3.19. The van der Waals surface area contributed by atoms with Crippen LogP contribution in [0.2, 0.25) is 0 Å². The van der Waals surface area contributed by atoms with E-state index >= 15 is 0 Å². The summed E-state index contributed by atoms with van der Waals surface area (Å²) in [6.45, 7) is 5.61. The molecule has 0 saturated carbocycles. The number of ether oxygens (including phenoxy) is 1. The Bertz CT molecular complexity index is 546. The van der Waals surface area contributed by atoms with Crippen LogP contribution < -0.4 is 5.32 Å². The molecule has 0 heterocycles. The van der Waals surface area contributed by atoms with E-state index in [0.717, 1.165) is 12.8 Å². The molecule has 0 aromatic heterocycles. The van der Waals surface area contributed by atoms with Crippen LogP contribution in [0.15, 0.2) is 0 Å². The summed E-state index contributed by atoms with van der Waals surface area (Å²) < 4.78 is 5.96. The molecule has 0 unspecified atom stereocenters. The largest absolute Gasteiger partial charge is 0.461 e. The molecule has 0 rings (SSSR count). The number of unbranched alkanes of at least 4 members (excludes halogenated alkanes) is 30. The lowest BCUT2D eigenvalue weighted by Gasteiger charge is -2.19. The molecule has 0 aliphatic carbocycles. The molecule has 0 spiro atoms. The minimum Gasteiger partial charge on any atom is -0.461 e. The van der Waals surface area contributed by atoms with Crippen molar-refractivity contribution in [3.05, 3.63) is 0 Å². The molecule has 0 amide bonds. The Labute approximate surface area is 290 Å². The summed E-state index contributed by atoms with van der Waals surface area (Å²) in [6, 6.07) is 0. The molecule has 0 saturated heterocycles. The highest BCUT2D eigenvalue weighted by Gasteiger charge is 2.14. The standard InChI is InChI=1S/C42H86N2O2/c1-5-7-9-11-13-15-17-19-21-23-25-27-29-31-33-35-37-41(46-42(45)39-43-40-44(3)4)38-36-34-32-30-28-26-24-22-20-18-16-14-12-10-8-6-2/h41,43H,5-40H2,1-4H3. The average molecular weight is 651 g/mol. The quantitative estimate of drug-likeness (QED) is 0.0408. The van der Waals surface area contributed by atoms with Gasteiger partial charge in [0.15, 0.2) is 0 Å². The van der Waals surface area contributed by atoms with Crippen molar-refractivity contribution in [3.8, 4) is 0 Å². The predicted molar refractivity (Wildman–Crippen MR) is 205 cm³/mol. The van der Waals surface area contributed by atoms with E-state index in [-0.39, 0.29) is 12.1 Å². The van der Waals surface area contributed by atoms with E-state index in [9.17, 15) is 4.79 Å². The first-order chi connectivity index (χ1) is 22.6. The van der Waals surface area contributed by atoms with E-state index in [4.69, 9.17) is 4.74 Å². The van der Waals surface area contributed by atoms with E-state index in [0.29, 0.717) is 13.2 Å². The molecule has 46 heavy (non-hydrogen) atoms. The minimum atomic E-state index is -0.0835. The van der Waals surface area contributed by atoms with Gasteiger partial charge in [0.1, 0.15) is 6.10 Å². The third-order valence-corrected chi connectivity index (χ3v) is 9.75. The molecule has 0 atom stereocenters. The molecule has 4 nitrogen and oxygen atoms in total. The van der Waals surface area contributed by atoms with Gasteiger partial charge in [-0.2, -0.15) is 0 Å². The van der Waals surface area contributed by atoms with E-state index < -0.39 is 0 Å². The van der Waals surface area contributed by atoms with E-state index in [1.54, 1.807) is 0 Å². The lowest BCUT2D eigenvalue weighted by Crippen LogP contribution is -2.34. The minimum absolute atomic E-state index is 0.0835. The fourth-order valence-electron chi connectivity index (χ4n) is 6.71. The highest BCUT2D eigenvalue weighted by atomic mass is 16.5. The van der Waals surface area contributed by atoms with Crippen molar-refractivity contribution in [3.63, 3.8) is 0 Å². The number of hydrogen-bond donors (Lipinski definition) is 1. The first kappa shape index (κ1) is 45.4. The van der Waals surface area contributed by atoms with Gasteiger partial charge in [-0.3, -0.25) is 15.0 Å². The molecule has 4 heteroatoms. The summed E-state index contributed by atoms with van der Waals surface area (Å²) in [4.78, 5) is 14.5. The zero-order valence-corrected chi connectivity index (χ0v) is 32.3. The van der Waals surface area contributed by atoms with E-state index in [1.165, 1.54) is 205 Å². The fourth-order valence-corrected chi connectivity index (χ4v) is 6.71. The maximum Gasteiger partial charge on any atom is 0.320 e. The van der Waals surface area contributed by atoms with Crippen LogP contribution in [0.1, 0.15) is 232 Å². The van der Waals surface area contributed by atoms with Crippen LogP contribution in [0.4, 0.5) is 0 Å². The molecule has 0 radical (unpaired) electrons. The van der Waals surface area contributed by atoms with Gasteiger partial charge >= 0.3 is 5.97 Å². The van der Waals surface area contributed by atoms with Crippen molar-refractivity contribution in [2.75, 3.05) is 27.3 Å². The summed E-state index contributed by atoms with van der Waals surface area (Å²) in [5.74, 6) is -0.0835. The molecule has 0 aromatic carbocycles. The van der Waals surface area contributed by atoms with Crippen LogP contribution in [-0.2, 0) is 9.53 Å². The molecule has 0 bridgehead atoms. The van der Waals surface area contributed by atoms with E-state index in [2.05, 4.69) is 19.2 Å². The van der Waals surface area contributed by atoms with Gasteiger partial charge < -0.3 is 4.74 Å². The Morgan fingerprint density at radius 3 is 0.978 bits per heavy atom. The maximum absolute atomic E-state index is 12.5. The lowest BCUT2D eigenvalue weighted by molar-refractivity contribution is -0.148. The highest BCUT2D eigenvalue weighted by molar-refractivity contribution is 5.71. The van der Waals surface area contributed by atoms with Crippen LogP contribution >= 0.6 is 0 Å². The Morgan fingerprint density at radius 2 is 0.717 bits per heavy atom. The predicted octanol–water partition coefficient (Wildman–Crippen LogP) is 13.3. The lowest BCUT2D eigenvalue weighted by atomic mass is 10.0. The molecule has 276 valence electrons. The average Bonchev–Trinajstić information content (AvgIpc) is 3.04. The van der Waals surface area contributed by atoms with Crippen LogP contribution in [0.25, 0.3) is 0 Å². The smallest absolute Gasteiger partial charge is 0.320 e. The van der Waals surface area contributed by atoms with Crippen molar-refractivity contribution in [2.45, 2.75) is 238 Å². The number of nitrogens with one attached hydrogen (secondary N) is 1. The van der Waals surface area contributed by atoms with Gasteiger partial charge in [0, 0.05) is 6.67 Å². The highest BCUT2D eigenvalue weighted by Crippen LogP contribution is 2.19. The van der Waals surface area contributed by atoms with Crippen LogP contribution in [0, 0.1) is 0 Å². The van der Waals surface area contributed by atoms with Crippen molar-refractivity contribution in [1.29, 1.82) is 0 Å². The molecule has 0 fully saturated rings. The van der Waals surface area contributed by atoms with Crippen molar-refractivity contribution in [1.82, 2.24) is 10.2 Å². The van der Waals surface area contributed by atoms with Gasteiger partial charge in [0.25, 0.3) is 0 Å². The molecule has 1 N–H and O–H groups in total. The van der Waals surface area contributed by atoms with Crippen LogP contribution in [-0.4, -0.2) is 44.3 Å². The number of carbonyl (C=O) groups is 1. The summed E-state index contributed by atoms with van der Waals surface area (Å²) in [7, 11) is 4.02. The van der Waals surface area contributed by atoms with Gasteiger partial charge in [-0.1, -0.05) is 206 Å². The van der Waals surface area contributed by atoms with Crippen LogP contribution in [0.5, 0.6) is 0 Å². The zero-order valence-electron chi connectivity index (χ0n) is 32.3. The molecular formula is C42H86N2O2. The van der Waals surface area contributed by atoms with E-state index in [1.807, 2.05) is 19.0 Å². The second kappa shape index (κ2) is 38.8. The van der Waals surface area contributed by atoms with Gasteiger partial charge in [-0.25, -0.2) is 0 Å². The monoisotopic (exact) mass is 651 g/mol. The Balaban J connectivity index is 3.85. The summed E-state index contributed by atoms with van der Waals surface area (Å²) >= 11 is 0. The van der Waals surface area contributed by atoms with Gasteiger partial charge in [-0.05, 0) is 39.8 Å². The molecule has 0 aliphatic heterocycles. The number of rotatable bonds is 39. The molecular weight excluding hydrogens is 564 g/mol. The van der Waals surface area contributed by atoms with Crippen molar-refractivity contribution >= 4 is 5.97 Å². The summed E-state index contributed by atoms with van der Waals surface area (Å²) in [6.07, 6.45) is 46.8. The van der Waals surface area contributed by atoms with Crippen molar-refractivity contribution < 1.29 is 9.53 Å².